The van der Waals surface area contributed by atoms with Gasteiger partial charge in [0, 0.05) is 22.9 Å². The van der Waals surface area contributed by atoms with Crippen LogP contribution in [0.4, 0.5) is 11.4 Å². The molecule has 1 saturated heterocycles. The van der Waals surface area contributed by atoms with E-state index < -0.39 is 0 Å². The number of benzene rings is 2. The maximum absolute atomic E-state index is 13.0. The van der Waals surface area contributed by atoms with Crippen molar-refractivity contribution in [2.75, 3.05) is 10.6 Å². The Morgan fingerprint density at radius 3 is 2.50 bits per heavy atom. The lowest BCUT2D eigenvalue weighted by Crippen LogP contribution is -2.35. The molecule has 154 valence electrons. The lowest BCUT2D eigenvalue weighted by Gasteiger charge is -2.23. The van der Waals surface area contributed by atoms with E-state index >= 15 is 0 Å². The zero-order chi connectivity index (χ0) is 21.0. The second-order valence-corrected chi connectivity index (χ2v) is 8.82. The van der Waals surface area contributed by atoms with Crippen LogP contribution in [0.5, 0.6) is 0 Å². The van der Waals surface area contributed by atoms with Gasteiger partial charge in [-0.1, -0.05) is 12.1 Å². The first-order valence-corrected chi connectivity index (χ1v) is 10.4. The molecule has 6 nitrogen and oxygen atoms in total. The van der Waals surface area contributed by atoms with Crippen molar-refractivity contribution in [3.8, 4) is 0 Å². The standard InChI is InChI=1S/C24H24N2O4/c1-12-6-13(2)8-17(7-12)26-22(27)14-4-3-5-16(9-14)25-23(28)20-15-10-18-19(11-15)30-24(29)21(18)20/h3-9,15,18-21H,10-11H2,1-2H3,(H,25,28)(H,26,27)/t15-,18+,19-,20-,21+/m0/s1. The Bertz CT molecular complexity index is 1040. The number of rotatable bonds is 4. The van der Waals surface area contributed by atoms with E-state index in [4.69, 9.17) is 4.74 Å². The van der Waals surface area contributed by atoms with Gasteiger partial charge in [-0.3, -0.25) is 14.4 Å². The molecule has 30 heavy (non-hydrogen) atoms. The number of nitrogens with one attached hydrogen (secondary N) is 2. The number of amides is 2. The SMILES string of the molecule is Cc1cc(C)cc(NC(=O)c2cccc(NC(=O)[C@H]3[C@H]4C[C@H]5[C@H]3C(=O)O[C@H]5C4)c2)c1. The molecule has 0 unspecified atom stereocenters. The summed E-state index contributed by atoms with van der Waals surface area (Å²) in [5, 5.41) is 5.83. The monoisotopic (exact) mass is 404 g/mol. The van der Waals surface area contributed by atoms with Crippen LogP contribution in [0.3, 0.4) is 0 Å². The summed E-state index contributed by atoms with van der Waals surface area (Å²) >= 11 is 0. The average Bonchev–Trinajstić information content (AvgIpc) is 3.30. The number of carbonyl (C=O) groups excluding carboxylic acids is 3. The first-order valence-electron chi connectivity index (χ1n) is 10.4. The average molecular weight is 404 g/mol. The predicted octanol–water partition coefficient (Wildman–Crippen LogP) is 3.69. The maximum atomic E-state index is 13.0. The van der Waals surface area contributed by atoms with Gasteiger partial charge in [0.15, 0.2) is 0 Å². The van der Waals surface area contributed by atoms with Crippen LogP contribution in [0, 0.1) is 37.5 Å². The van der Waals surface area contributed by atoms with Gasteiger partial charge < -0.3 is 15.4 Å². The molecular weight excluding hydrogens is 380 g/mol. The van der Waals surface area contributed by atoms with E-state index in [0.29, 0.717) is 11.3 Å². The third kappa shape index (κ3) is 3.16. The second kappa shape index (κ2) is 6.97. The fourth-order valence-electron chi connectivity index (χ4n) is 5.58. The van der Waals surface area contributed by atoms with Gasteiger partial charge >= 0.3 is 5.97 Å². The number of anilines is 2. The van der Waals surface area contributed by atoms with E-state index in [0.717, 1.165) is 29.7 Å². The molecule has 5 atom stereocenters. The maximum Gasteiger partial charge on any atom is 0.310 e. The normalized spacial score (nSPS) is 28.3. The summed E-state index contributed by atoms with van der Waals surface area (Å²) in [6, 6.07) is 12.8. The van der Waals surface area contributed by atoms with Crippen LogP contribution >= 0.6 is 0 Å². The highest BCUT2D eigenvalue weighted by Crippen LogP contribution is 2.57. The summed E-state index contributed by atoms with van der Waals surface area (Å²) in [6.45, 7) is 3.97. The van der Waals surface area contributed by atoms with E-state index in [1.807, 2.05) is 32.0 Å². The molecule has 2 saturated carbocycles. The van der Waals surface area contributed by atoms with Crippen molar-refractivity contribution in [3.05, 3.63) is 59.2 Å². The van der Waals surface area contributed by atoms with Crippen LogP contribution in [0.1, 0.15) is 34.3 Å². The van der Waals surface area contributed by atoms with E-state index in [2.05, 4.69) is 10.6 Å². The van der Waals surface area contributed by atoms with Gasteiger partial charge in [-0.05, 0) is 74.1 Å². The van der Waals surface area contributed by atoms with Crippen molar-refractivity contribution >= 4 is 29.2 Å². The number of hydrogen-bond acceptors (Lipinski definition) is 4. The van der Waals surface area contributed by atoms with Crippen LogP contribution in [-0.4, -0.2) is 23.9 Å². The Hall–Kier alpha value is -3.15. The third-order valence-electron chi connectivity index (χ3n) is 6.66. The smallest absolute Gasteiger partial charge is 0.310 e. The lowest BCUT2D eigenvalue weighted by molar-refractivity contribution is -0.145. The minimum absolute atomic E-state index is 0.00818. The van der Waals surface area contributed by atoms with E-state index in [9.17, 15) is 14.4 Å². The molecule has 2 amide bonds. The molecule has 3 fully saturated rings. The van der Waals surface area contributed by atoms with E-state index in [1.165, 1.54) is 0 Å². The van der Waals surface area contributed by atoms with Crippen molar-refractivity contribution < 1.29 is 19.1 Å². The minimum Gasteiger partial charge on any atom is -0.462 e. The van der Waals surface area contributed by atoms with Gasteiger partial charge in [-0.25, -0.2) is 0 Å². The summed E-state index contributed by atoms with van der Waals surface area (Å²) in [4.78, 5) is 37.8. The Labute approximate surface area is 175 Å². The van der Waals surface area contributed by atoms with Gasteiger partial charge in [0.05, 0.1) is 11.8 Å². The second-order valence-electron chi connectivity index (χ2n) is 8.82. The molecule has 1 aliphatic heterocycles. The van der Waals surface area contributed by atoms with Crippen molar-refractivity contribution in [1.82, 2.24) is 0 Å². The Morgan fingerprint density at radius 2 is 1.73 bits per heavy atom. The summed E-state index contributed by atoms with van der Waals surface area (Å²) < 4.78 is 5.42. The minimum atomic E-state index is -0.339. The number of ether oxygens (including phenoxy) is 1. The molecule has 2 N–H and O–H groups in total. The Balaban J connectivity index is 1.30. The molecule has 0 spiro atoms. The number of aryl methyl sites for hydroxylation is 2. The molecule has 0 aromatic heterocycles. The first kappa shape index (κ1) is 18.9. The summed E-state index contributed by atoms with van der Waals surface area (Å²) in [5.74, 6) is -0.888. The molecule has 0 radical (unpaired) electrons. The molecule has 5 rings (SSSR count). The Kier molecular flexibility index (Phi) is 4.38. The predicted molar refractivity (Wildman–Crippen MR) is 112 cm³/mol. The molecule has 2 bridgehead atoms. The fraction of sp³-hybridized carbons (Fsp3) is 0.375. The summed E-state index contributed by atoms with van der Waals surface area (Å²) in [7, 11) is 0. The van der Waals surface area contributed by atoms with Crippen LogP contribution in [0.2, 0.25) is 0 Å². The highest BCUT2D eigenvalue weighted by atomic mass is 16.6. The van der Waals surface area contributed by atoms with E-state index in [-0.39, 0.29) is 47.6 Å². The molecule has 2 aromatic rings. The fourth-order valence-corrected chi connectivity index (χ4v) is 5.58. The van der Waals surface area contributed by atoms with Crippen LogP contribution < -0.4 is 10.6 Å². The van der Waals surface area contributed by atoms with Crippen molar-refractivity contribution in [3.63, 3.8) is 0 Å². The van der Waals surface area contributed by atoms with Gasteiger partial charge in [0.2, 0.25) is 5.91 Å². The van der Waals surface area contributed by atoms with Gasteiger partial charge in [-0.2, -0.15) is 0 Å². The number of carbonyl (C=O) groups is 3. The van der Waals surface area contributed by atoms with Crippen molar-refractivity contribution in [2.24, 2.45) is 23.7 Å². The number of esters is 1. The van der Waals surface area contributed by atoms with Gasteiger partial charge in [-0.15, -0.1) is 0 Å². The van der Waals surface area contributed by atoms with Crippen LogP contribution in [0.25, 0.3) is 0 Å². The Morgan fingerprint density at radius 1 is 0.967 bits per heavy atom. The summed E-state index contributed by atoms with van der Waals surface area (Å²) in [6.07, 6.45) is 1.68. The summed E-state index contributed by atoms with van der Waals surface area (Å²) in [5.41, 5.74) is 3.90. The van der Waals surface area contributed by atoms with E-state index in [1.54, 1.807) is 24.3 Å². The highest BCUT2D eigenvalue weighted by molar-refractivity contribution is 6.05. The van der Waals surface area contributed by atoms with Crippen LogP contribution in [0.15, 0.2) is 42.5 Å². The largest absolute Gasteiger partial charge is 0.462 e. The zero-order valence-corrected chi connectivity index (χ0v) is 17.0. The molecule has 1 heterocycles. The van der Waals surface area contributed by atoms with Gasteiger partial charge in [0.25, 0.3) is 5.91 Å². The number of fused-ring (bicyclic) bond motifs is 1. The number of hydrogen-bond donors (Lipinski definition) is 2. The van der Waals surface area contributed by atoms with Crippen LogP contribution in [-0.2, 0) is 14.3 Å². The van der Waals surface area contributed by atoms with Gasteiger partial charge in [0.1, 0.15) is 6.10 Å². The first-order chi connectivity index (χ1) is 14.4. The van der Waals surface area contributed by atoms with Crippen molar-refractivity contribution in [1.29, 1.82) is 0 Å². The zero-order valence-electron chi connectivity index (χ0n) is 17.0. The molecular formula is C24H24N2O4. The topological polar surface area (TPSA) is 84.5 Å². The third-order valence-corrected chi connectivity index (χ3v) is 6.66. The lowest BCUT2D eigenvalue weighted by atomic mass is 9.79. The molecule has 2 aliphatic carbocycles. The van der Waals surface area contributed by atoms with Crippen molar-refractivity contribution in [2.45, 2.75) is 32.8 Å². The quantitative estimate of drug-likeness (QED) is 0.761. The molecule has 3 aliphatic rings. The molecule has 6 heteroatoms. The molecule has 2 aromatic carbocycles. The highest BCUT2D eigenvalue weighted by Gasteiger charge is 2.63.